The molecule has 0 aliphatic heterocycles. The van der Waals surface area contributed by atoms with Crippen molar-refractivity contribution in [1.29, 1.82) is 0 Å². The van der Waals surface area contributed by atoms with E-state index in [-0.39, 0.29) is 0 Å². The highest BCUT2D eigenvalue weighted by molar-refractivity contribution is 6.26. The van der Waals surface area contributed by atoms with Gasteiger partial charge in [-0.1, -0.05) is 152 Å². The average Bonchev–Trinajstić information content (AvgIpc) is 3.78. The van der Waals surface area contributed by atoms with E-state index in [9.17, 15) is 0 Å². The summed E-state index contributed by atoms with van der Waals surface area (Å²) in [6, 6.07) is 66.1. The maximum absolute atomic E-state index is 5.00. The number of nitrogens with zero attached hydrogens (tertiary/aromatic N) is 5. The molecule has 0 saturated heterocycles. The first kappa shape index (κ1) is 30.3. The molecule has 0 aliphatic rings. The second-order valence-electron chi connectivity index (χ2n) is 13.6. The first-order valence-corrected chi connectivity index (χ1v) is 18.2. The van der Waals surface area contributed by atoms with Crippen LogP contribution in [0.3, 0.4) is 0 Å². The van der Waals surface area contributed by atoms with Crippen LogP contribution in [0.25, 0.3) is 100 Å². The maximum atomic E-state index is 5.00. The second kappa shape index (κ2) is 12.1. The molecule has 0 spiro atoms. The minimum Gasteiger partial charge on any atom is -0.307 e. The summed E-state index contributed by atoms with van der Waals surface area (Å²) in [5.74, 6) is 1.93. The van der Waals surface area contributed by atoms with Gasteiger partial charge in [0.1, 0.15) is 0 Å². The Morgan fingerprint density at radius 2 is 0.741 bits per heavy atom. The molecule has 5 heteroatoms. The van der Waals surface area contributed by atoms with E-state index in [2.05, 4.69) is 136 Å². The Hall–Kier alpha value is -7.37. The molecule has 11 aromatic rings. The van der Waals surface area contributed by atoms with Crippen LogP contribution in [0.4, 0.5) is 0 Å². The molecular weight excluding hydrogens is 659 g/mol. The van der Waals surface area contributed by atoms with Gasteiger partial charge in [-0.2, -0.15) is 0 Å². The van der Waals surface area contributed by atoms with Gasteiger partial charge in [0.2, 0.25) is 0 Å². The Bertz CT molecular complexity index is 3120. The Balaban J connectivity index is 1.19. The van der Waals surface area contributed by atoms with E-state index in [1.165, 1.54) is 54.7 Å². The van der Waals surface area contributed by atoms with Crippen LogP contribution >= 0.6 is 0 Å². The summed E-state index contributed by atoms with van der Waals surface area (Å²) in [6.07, 6.45) is 0. The van der Waals surface area contributed by atoms with Gasteiger partial charge in [-0.25, -0.2) is 15.0 Å². The quantitative estimate of drug-likeness (QED) is 0.169. The number of benzene rings is 7. The number of fused-ring (bicyclic) bond motifs is 10. The fourth-order valence-electron chi connectivity index (χ4n) is 8.18. The Kier molecular flexibility index (Phi) is 6.79. The van der Waals surface area contributed by atoms with Crippen LogP contribution in [-0.4, -0.2) is 23.9 Å². The summed E-state index contributed by atoms with van der Waals surface area (Å²) >= 11 is 0. The lowest BCUT2D eigenvalue weighted by Crippen LogP contribution is -2.00. The molecule has 7 aromatic carbocycles. The number of rotatable bonds is 5. The molecule has 0 atom stereocenters. The third-order valence-electron chi connectivity index (χ3n) is 10.5. The van der Waals surface area contributed by atoms with Crippen LogP contribution in [0.1, 0.15) is 0 Å². The van der Waals surface area contributed by atoms with E-state index in [1.807, 2.05) is 60.7 Å². The third-order valence-corrected chi connectivity index (χ3v) is 10.5. The first-order chi connectivity index (χ1) is 26.8. The SMILES string of the molecule is c1ccc(-c2nc(-c3ccccc3)nc(-c3ccc(-n4c5ccccc5c5c4c(-c4ccccc4)c4c6ccccc6c6ccccc6n45)cc3)n2)cc1. The highest BCUT2D eigenvalue weighted by atomic mass is 15.1. The first-order valence-electron chi connectivity index (χ1n) is 18.2. The summed E-state index contributed by atoms with van der Waals surface area (Å²) in [5.41, 5.74) is 12.2. The molecule has 11 rings (SSSR count). The van der Waals surface area contributed by atoms with Gasteiger partial charge >= 0.3 is 0 Å². The van der Waals surface area contributed by atoms with Gasteiger partial charge < -0.3 is 8.97 Å². The summed E-state index contributed by atoms with van der Waals surface area (Å²) in [5, 5.41) is 4.92. The number of aromatic nitrogens is 5. The molecule has 0 bridgehead atoms. The zero-order valence-corrected chi connectivity index (χ0v) is 29.1. The lowest BCUT2D eigenvalue weighted by molar-refractivity contribution is 1.07. The lowest BCUT2D eigenvalue weighted by atomic mass is 10.00. The summed E-state index contributed by atoms with van der Waals surface area (Å²) in [4.78, 5) is 14.9. The normalized spacial score (nSPS) is 11.7. The van der Waals surface area contributed by atoms with Gasteiger partial charge in [-0.3, -0.25) is 0 Å². The Morgan fingerprint density at radius 1 is 0.296 bits per heavy atom. The molecule has 0 radical (unpaired) electrons. The monoisotopic (exact) mass is 689 g/mol. The second-order valence-corrected chi connectivity index (χ2v) is 13.6. The van der Waals surface area contributed by atoms with E-state index in [4.69, 9.17) is 15.0 Å². The van der Waals surface area contributed by atoms with Crippen LogP contribution in [0.15, 0.2) is 188 Å². The van der Waals surface area contributed by atoms with Crippen LogP contribution in [0.5, 0.6) is 0 Å². The molecule has 4 aromatic heterocycles. The van der Waals surface area contributed by atoms with Gasteiger partial charge in [-0.05, 0) is 47.3 Å². The Morgan fingerprint density at radius 3 is 1.33 bits per heavy atom. The predicted molar refractivity (Wildman–Crippen MR) is 222 cm³/mol. The minimum absolute atomic E-state index is 0.634. The Labute approximate surface area is 311 Å². The molecular formula is C49H31N5. The highest BCUT2D eigenvalue weighted by Gasteiger charge is 2.26. The van der Waals surface area contributed by atoms with Gasteiger partial charge in [0.15, 0.2) is 17.5 Å². The van der Waals surface area contributed by atoms with E-state index in [0.717, 1.165) is 27.9 Å². The van der Waals surface area contributed by atoms with E-state index in [1.54, 1.807) is 0 Å². The lowest BCUT2D eigenvalue weighted by Gasteiger charge is -2.13. The van der Waals surface area contributed by atoms with Gasteiger partial charge in [0.25, 0.3) is 0 Å². The number of hydrogen-bond acceptors (Lipinski definition) is 3. The van der Waals surface area contributed by atoms with Crippen molar-refractivity contribution in [2.75, 3.05) is 0 Å². The molecule has 0 fully saturated rings. The van der Waals surface area contributed by atoms with Crippen molar-refractivity contribution >= 4 is 49.1 Å². The zero-order chi connectivity index (χ0) is 35.6. The largest absolute Gasteiger partial charge is 0.307 e. The minimum atomic E-state index is 0.634. The smallest absolute Gasteiger partial charge is 0.164 e. The molecule has 5 nitrogen and oxygen atoms in total. The average molecular weight is 690 g/mol. The number of hydrogen-bond donors (Lipinski definition) is 0. The van der Waals surface area contributed by atoms with E-state index in [0.29, 0.717) is 17.5 Å². The fourth-order valence-corrected chi connectivity index (χ4v) is 8.18. The van der Waals surface area contributed by atoms with Gasteiger partial charge in [0.05, 0.1) is 27.6 Å². The van der Waals surface area contributed by atoms with Crippen molar-refractivity contribution in [3.8, 4) is 51.0 Å². The number of para-hydroxylation sites is 2. The summed E-state index contributed by atoms with van der Waals surface area (Å²) in [6.45, 7) is 0. The maximum Gasteiger partial charge on any atom is 0.164 e. The molecule has 0 unspecified atom stereocenters. The third kappa shape index (κ3) is 4.62. The topological polar surface area (TPSA) is 48.0 Å². The predicted octanol–water partition coefficient (Wildman–Crippen LogP) is 12.2. The highest BCUT2D eigenvalue weighted by Crippen LogP contribution is 2.46. The van der Waals surface area contributed by atoms with Gasteiger partial charge in [0, 0.05) is 44.1 Å². The van der Waals surface area contributed by atoms with Crippen molar-refractivity contribution in [3.63, 3.8) is 0 Å². The van der Waals surface area contributed by atoms with Crippen LogP contribution in [0, 0.1) is 0 Å². The summed E-state index contributed by atoms with van der Waals surface area (Å²) in [7, 11) is 0. The van der Waals surface area contributed by atoms with E-state index < -0.39 is 0 Å². The van der Waals surface area contributed by atoms with Gasteiger partial charge in [-0.15, -0.1) is 0 Å². The zero-order valence-electron chi connectivity index (χ0n) is 29.1. The van der Waals surface area contributed by atoms with Crippen molar-refractivity contribution < 1.29 is 0 Å². The molecule has 0 aliphatic carbocycles. The van der Waals surface area contributed by atoms with Crippen LogP contribution < -0.4 is 0 Å². The van der Waals surface area contributed by atoms with Crippen molar-refractivity contribution in [1.82, 2.24) is 23.9 Å². The molecule has 0 saturated carbocycles. The molecule has 0 amide bonds. The molecule has 0 N–H and O–H groups in total. The summed E-state index contributed by atoms with van der Waals surface area (Å²) < 4.78 is 4.94. The van der Waals surface area contributed by atoms with Crippen LogP contribution in [-0.2, 0) is 0 Å². The number of pyridine rings is 1. The van der Waals surface area contributed by atoms with Crippen molar-refractivity contribution in [2.24, 2.45) is 0 Å². The van der Waals surface area contributed by atoms with Crippen LogP contribution in [0.2, 0.25) is 0 Å². The standard InChI is InChI=1S/C49H31N5/c1-4-16-32(17-5-1)43-44-39-24-11-10-22-37(39)38-23-12-14-26-41(38)54(44)45-40-25-13-15-27-42(40)53(46(43)45)36-30-28-35(29-31-36)49-51-47(33-18-6-2-7-19-33)50-48(52-49)34-20-8-3-9-21-34/h1-31H. The molecule has 4 heterocycles. The molecule has 54 heavy (non-hydrogen) atoms. The van der Waals surface area contributed by atoms with E-state index >= 15 is 0 Å². The van der Waals surface area contributed by atoms with Crippen molar-refractivity contribution in [2.45, 2.75) is 0 Å². The molecule has 252 valence electrons. The van der Waals surface area contributed by atoms with Crippen molar-refractivity contribution in [3.05, 3.63) is 188 Å². The fraction of sp³-hybridized carbons (Fsp3) is 0.